The van der Waals surface area contributed by atoms with Gasteiger partial charge in [-0.25, -0.2) is 0 Å². The van der Waals surface area contributed by atoms with Crippen LogP contribution in [-0.2, 0) is 0 Å². The zero-order valence-corrected chi connectivity index (χ0v) is 6.47. The van der Waals surface area contributed by atoms with Crippen molar-refractivity contribution >= 4 is 11.6 Å². The van der Waals surface area contributed by atoms with Crippen LogP contribution in [0.4, 0.5) is 13.2 Å². The van der Waals surface area contributed by atoms with Gasteiger partial charge in [-0.3, -0.25) is 0 Å². The van der Waals surface area contributed by atoms with E-state index in [0.29, 0.717) is 6.42 Å². The van der Waals surface area contributed by atoms with Crippen LogP contribution in [0, 0.1) is 5.92 Å². The molecule has 0 aromatic rings. The average Bonchev–Trinajstić information content (AvgIpc) is 1.80. The number of hydrogen-bond acceptors (Lipinski definition) is 0. The summed E-state index contributed by atoms with van der Waals surface area (Å²) in [4.78, 5) is 0. The van der Waals surface area contributed by atoms with Gasteiger partial charge in [0, 0.05) is 5.88 Å². The second-order valence-corrected chi connectivity index (χ2v) is 2.49. The van der Waals surface area contributed by atoms with E-state index in [4.69, 9.17) is 11.6 Å². The molecule has 0 nitrogen and oxygen atoms in total. The van der Waals surface area contributed by atoms with Gasteiger partial charge < -0.3 is 0 Å². The summed E-state index contributed by atoms with van der Waals surface area (Å²) < 4.78 is 35.5. The molecule has 0 saturated carbocycles. The highest BCUT2D eigenvalue weighted by atomic mass is 35.5. The van der Waals surface area contributed by atoms with Crippen LogP contribution in [0.2, 0.25) is 0 Å². The molecule has 1 atom stereocenters. The third kappa shape index (κ3) is 3.30. The second-order valence-electron chi connectivity index (χ2n) is 2.18. The molecule has 0 aliphatic rings. The molecule has 0 amide bonds. The van der Waals surface area contributed by atoms with Gasteiger partial charge in [-0.15, -0.1) is 11.6 Å². The summed E-state index contributed by atoms with van der Waals surface area (Å²) in [6.45, 7) is 1.71. The van der Waals surface area contributed by atoms with Gasteiger partial charge in [-0.05, 0) is 6.42 Å². The monoisotopic (exact) mass is 174 g/mol. The Labute approximate surface area is 63.4 Å². The van der Waals surface area contributed by atoms with Crippen molar-refractivity contribution in [2.75, 3.05) is 5.88 Å². The Morgan fingerprint density at radius 3 is 2.00 bits per heavy atom. The summed E-state index contributed by atoms with van der Waals surface area (Å²) in [7, 11) is 0. The minimum atomic E-state index is -4.11. The predicted molar refractivity (Wildman–Crippen MR) is 35.2 cm³/mol. The molecule has 0 rings (SSSR count). The van der Waals surface area contributed by atoms with Crippen molar-refractivity contribution < 1.29 is 13.2 Å². The summed E-state index contributed by atoms with van der Waals surface area (Å²) in [6, 6.07) is 0. The van der Waals surface area contributed by atoms with Crippen molar-refractivity contribution in [1.29, 1.82) is 0 Å². The van der Waals surface area contributed by atoms with E-state index in [9.17, 15) is 13.2 Å². The molecule has 0 fully saturated rings. The van der Waals surface area contributed by atoms with E-state index in [2.05, 4.69) is 0 Å². The van der Waals surface area contributed by atoms with Gasteiger partial charge in [0.2, 0.25) is 0 Å². The lowest BCUT2D eigenvalue weighted by Crippen LogP contribution is -2.23. The summed E-state index contributed by atoms with van der Waals surface area (Å²) in [5.41, 5.74) is 0. The molecule has 10 heavy (non-hydrogen) atoms. The van der Waals surface area contributed by atoms with E-state index < -0.39 is 12.1 Å². The molecular formula is C6H10ClF3. The summed E-state index contributed by atoms with van der Waals surface area (Å²) in [6.07, 6.45) is -3.46. The zero-order chi connectivity index (χ0) is 8.20. The molecule has 0 spiro atoms. The predicted octanol–water partition coefficient (Wildman–Crippen LogP) is 3.20. The van der Waals surface area contributed by atoms with Crippen LogP contribution in [0.3, 0.4) is 0 Å². The van der Waals surface area contributed by atoms with Crippen LogP contribution >= 0.6 is 11.6 Å². The molecule has 0 heterocycles. The van der Waals surface area contributed by atoms with E-state index in [1.165, 1.54) is 0 Å². The van der Waals surface area contributed by atoms with Crippen LogP contribution in [0.5, 0.6) is 0 Å². The third-order valence-corrected chi connectivity index (χ3v) is 1.66. The van der Waals surface area contributed by atoms with Gasteiger partial charge in [0.1, 0.15) is 0 Å². The maximum atomic E-state index is 11.8. The molecule has 1 unspecified atom stereocenters. The highest BCUT2D eigenvalue weighted by Crippen LogP contribution is 2.30. The highest BCUT2D eigenvalue weighted by Gasteiger charge is 2.37. The normalized spacial score (nSPS) is 15.3. The van der Waals surface area contributed by atoms with Crippen molar-refractivity contribution in [3.05, 3.63) is 0 Å². The van der Waals surface area contributed by atoms with Gasteiger partial charge >= 0.3 is 6.18 Å². The van der Waals surface area contributed by atoms with Crippen molar-refractivity contribution in [3.63, 3.8) is 0 Å². The van der Waals surface area contributed by atoms with E-state index in [1.807, 2.05) is 0 Å². The minimum absolute atomic E-state index is 0.132. The van der Waals surface area contributed by atoms with Crippen molar-refractivity contribution in [3.8, 4) is 0 Å². The fourth-order valence-electron chi connectivity index (χ4n) is 0.677. The molecule has 0 N–H and O–H groups in total. The smallest absolute Gasteiger partial charge is 0.171 e. The standard InChI is InChI=1S/C6H10ClF3/c1-2-3-5(4-7)6(8,9)10/h5H,2-4H2,1H3. The number of halogens is 4. The quantitative estimate of drug-likeness (QED) is 0.577. The number of rotatable bonds is 3. The van der Waals surface area contributed by atoms with Crippen molar-refractivity contribution in [2.24, 2.45) is 5.92 Å². The van der Waals surface area contributed by atoms with E-state index in [1.54, 1.807) is 6.92 Å². The van der Waals surface area contributed by atoms with Crippen LogP contribution in [0.15, 0.2) is 0 Å². The first-order valence-corrected chi connectivity index (χ1v) is 3.68. The van der Waals surface area contributed by atoms with Gasteiger partial charge in [0.05, 0.1) is 5.92 Å². The fourth-order valence-corrected chi connectivity index (χ4v) is 1.01. The molecule has 0 aliphatic heterocycles. The Kier molecular flexibility index (Phi) is 4.09. The molecule has 0 bridgehead atoms. The maximum absolute atomic E-state index is 11.8. The Morgan fingerprint density at radius 2 is 1.90 bits per heavy atom. The number of alkyl halides is 4. The Hall–Kier alpha value is 0.0800. The largest absolute Gasteiger partial charge is 0.392 e. The second kappa shape index (κ2) is 4.06. The van der Waals surface area contributed by atoms with Gasteiger partial charge in [0.15, 0.2) is 0 Å². The zero-order valence-electron chi connectivity index (χ0n) is 5.71. The molecule has 0 radical (unpaired) electrons. The lowest BCUT2D eigenvalue weighted by Gasteiger charge is -2.15. The molecule has 0 aliphatic carbocycles. The summed E-state index contributed by atoms with van der Waals surface area (Å²) in [5.74, 6) is -1.64. The molecule has 62 valence electrons. The van der Waals surface area contributed by atoms with E-state index in [-0.39, 0.29) is 12.3 Å². The topological polar surface area (TPSA) is 0 Å². The first-order chi connectivity index (χ1) is 4.52. The first kappa shape index (κ1) is 10.1. The lowest BCUT2D eigenvalue weighted by molar-refractivity contribution is -0.170. The Bertz CT molecular complexity index is 89.5. The Morgan fingerprint density at radius 1 is 1.40 bits per heavy atom. The summed E-state index contributed by atoms with van der Waals surface area (Å²) >= 11 is 5.11. The van der Waals surface area contributed by atoms with E-state index >= 15 is 0 Å². The minimum Gasteiger partial charge on any atom is -0.171 e. The maximum Gasteiger partial charge on any atom is 0.392 e. The molecule has 0 aromatic heterocycles. The lowest BCUT2D eigenvalue weighted by atomic mass is 10.1. The molecule has 0 saturated heterocycles. The van der Waals surface area contributed by atoms with Crippen LogP contribution < -0.4 is 0 Å². The molecule has 0 aromatic carbocycles. The van der Waals surface area contributed by atoms with Crippen LogP contribution in [0.1, 0.15) is 19.8 Å². The molecular weight excluding hydrogens is 165 g/mol. The third-order valence-electron chi connectivity index (χ3n) is 1.29. The Balaban J connectivity index is 3.81. The van der Waals surface area contributed by atoms with Gasteiger partial charge in [-0.1, -0.05) is 13.3 Å². The molecule has 4 heteroatoms. The van der Waals surface area contributed by atoms with Gasteiger partial charge in [-0.2, -0.15) is 13.2 Å². The number of hydrogen-bond donors (Lipinski definition) is 0. The van der Waals surface area contributed by atoms with Crippen LogP contribution in [0.25, 0.3) is 0 Å². The van der Waals surface area contributed by atoms with Crippen molar-refractivity contribution in [2.45, 2.75) is 25.9 Å². The first-order valence-electron chi connectivity index (χ1n) is 3.15. The fraction of sp³-hybridized carbons (Fsp3) is 1.00. The average molecular weight is 175 g/mol. The van der Waals surface area contributed by atoms with Crippen LogP contribution in [-0.4, -0.2) is 12.1 Å². The van der Waals surface area contributed by atoms with Gasteiger partial charge in [0.25, 0.3) is 0 Å². The van der Waals surface area contributed by atoms with Crippen molar-refractivity contribution in [1.82, 2.24) is 0 Å². The summed E-state index contributed by atoms with van der Waals surface area (Å²) in [5, 5.41) is 0. The SMILES string of the molecule is CCCC(CCl)C(F)(F)F. The van der Waals surface area contributed by atoms with E-state index in [0.717, 1.165) is 0 Å². The highest BCUT2D eigenvalue weighted by molar-refractivity contribution is 6.18.